The number of pyridine rings is 1. The molecule has 0 radical (unpaired) electrons. The van der Waals surface area contributed by atoms with Crippen LogP contribution in [0.2, 0.25) is 0 Å². The molecule has 1 fully saturated rings. The van der Waals surface area contributed by atoms with Crippen molar-refractivity contribution in [2.45, 2.75) is 52.3 Å². The van der Waals surface area contributed by atoms with Gasteiger partial charge in [-0.3, -0.25) is 9.88 Å². The number of aromatic nitrogens is 1. The molecule has 0 spiro atoms. The van der Waals surface area contributed by atoms with Gasteiger partial charge in [-0.25, -0.2) is 14.0 Å². The molecule has 3 rings (SSSR count). The van der Waals surface area contributed by atoms with Crippen molar-refractivity contribution in [3.05, 3.63) is 53.6 Å². The average Bonchev–Trinajstić information content (AvgIpc) is 2.77. The van der Waals surface area contributed by atoms with E-state index in [1.807, 2.05) is 20.8 Å². The lowest BCUT2D eigenvalue weighted by Crippen LogP contribution is -2.48. The van der Waals surface area contributed by atoms with Crippen molar-refractivity contribution in [3.8, 4) is 0 Å². The predicted octanol–water partition coefficient (Wildman–Crippen LogP) is 4.61. The number of nitrogens with one attached hydrogen (secondary N) is 2. The fourth-order valence-corrected chi connectivity index (χ4v) is 3.78. The molecule has 8 nitrogen and oxygen atoms in total. The highest BCUT2D eigenvalue weighted by molar-refractivity contribution is 5.99. The molecule has 0 bridgehead atoms. The third-order valence-electron chi connectivity index (χ3n) is 5.51. The van der Waals surface area contributed by atoms with E-state index in [9.17, 15) is 14.0 Å². The molecule has 3 amide bonds. The fraction of sp³-hybridized carbons (Fsp3) is 0.458. The zero-order valence-corrected chi connectivity index (χ0v) is 19.6. The van der Waals surface area contributed by atoms with Crippen LogP contribution in [0.5, 0.6) is 0 Å². The number of hydrogen-bond donors (Lipinski definition) is 2. The van der Waals surface area contributed by atoms with E-state index in [1.165, 1.54) is 6.07 Å². The first-order valence-electron chi connectivity index (χ1n) is 11.2. The largest absolute Gasteiger partial charge is 0.447 e. The quantitative estimate of drug-likeness (QED) is 0.661. The number of amides is 3. The first-order valence-corrected chi connectivity index (χ1v) is 11.2. The van der Waals surface area contributed by atoms with Crippen LogP contribution >= 0.6 is 0 Å². The van der Waals surface area contributed by atoms with Crippen LogP contribution in [0.3, 0.4) is 0 Å². The van der Waals surface area contributed by atoms with Crippen LogP contribution in [0, 0.1) is 12.7 Å². The molecule has 1 aromatic heterocycles. The van der Waals surface area contributed by atoms with E-state index in [1.54, 1.807) is 42.4 Å². The second-order valence-corrected chi connectivity index (χ2v) is 8.66. The van der Waals surface area contributed by atoms with Gasteiger partial charge in [0.2, 0.25) is 0 Å². The van der Waals surface area contributed by atoms with Gasteiger partial charge in [0, 0.05) is 31.9 Å². The molecule has 1 atom stereocenters. The summed E-state index contributed by atoms with van der Waals surface area (Å²) in [4.78, 5) is 32.6. The number of rotatable bonds is 6. The van der Waals surface area contributed by atoms with Gasteiger partial charge >= 0.3 is 12.1 Å². The van der Waals surface area contributed by atoms with Gasteiger partial charge in [0.15, 0.2) is 0 Å². The Kier molecular flexibility index (Phi) is 8.21. The van der Waals surface area contributed by atoms with Gasteiger partial charge in [0.05, 0.1) is 23.7 Å². The Morgan fingerprint density at radius 1 is 1.27 bits per heavy atom. The molecule has 9 heteroatoms. The van der Waals surface area contributed by atoms with Gasteiger partial charge in [-0.15, -0.1) is 0 Å². The smallest absolute Gasteiger partial charge is 0.410 e. The number of aryl methyl sites for hydroxylation is 1. The number of anilines is 2. The van der Waals surface area contributed by atoms with Crippen LogP contribution in [-0.2, 0) is 11.3 Å². The molecular formula is C24H32FN5O3. The Hall–Kier alpha value is -3.20. The minimum Gasteiger partial charge on any atom is -0.447 e. The second kappa shape index (κ2) is 11.1. The molecule has 1 aromatic carbocycles. The molecule has 1 aliphatic rings. The summed E-state index contributed by atoms with van der Waals surface area (Å²) < 4.78 is 19.6. The highest BCUT2D eigenvalue weighted by Crippen LogP contribution is 2.22. The van der Waals surface area contributed by atoms with E-state index in [2.05, 4.69) is 20.5 Å². The number of carbonyl (C=O) groups excluding carboxylic acids is 2. The van der Waals surface area contributed by atoms with Crippen molar-refractivity contribution in [2.75, 3.05) is 30.8 Å². The summed E-state index contributed by atoms with van der Waals surface area (Å²) >= 11 is 0. The predicted molar refractivity (Wildman–Crippen MR) is 126 cm³/mol. The van der Waals surface area contributed by atoms with E-state index >= 15 is 0 Å². The zero-order valence-electron chi connectivity index (χ0n) is 19.6. The number of piperidine rings is 1. The van der Waals surface area contributed by atoms with Gasteiger partial charge in [-0.1, -0.05) is 6.07 Å². The second-order valence-electron chi connectivity index (χ2n) is 8.66. The minimum absolute atomic E-state index is 0.0527. The highest BCUT2D eigenvalue weighted by atomic mass is 19.1. The molecule has 2 aromatic rings. The van der Waals surface area contributed by atoms with Gasteiger partial charge in [0.1, 0.15) is 5.82 Å². The molecule has 178 valence electrons. The molecule has 0 saturated carbocycles. The number of nitrogens with zero attached hydrogens (tertiary/aromatic N) is 3. The first kappa shape index (κ1) is 24.4. The summed E-state index contributed by atoms with van der Waals surface area (Å²) in [5, 5.41) is 5.22. The molecule has 2 heterocycles. The SMILES string of the molecule is Cc1ccc(NC(=O)Nc2cc(CN3CCC[C@@H](N(C)C(=O)OC(C)C)C3)ccc2F)cn1. The molecule has 0 aliphatic carbocycles. The summed E-state index contributed by atoms with van der Waals surface area (Å²) in [5.74, 6) is -0.511. The number of benzene rings is 1. The van der Waals surface area contributed by atoms with Crippen LogP contribution in [0.15, 0.2) is 36.5 Å². The van der Waals surface area contributed by atoms with Crippen LogP contribution in [0.1, 0.15) is 37.9 Å². The third kappa shape index (κ3) is 7.15. The fourth-order valence-electron chi connectivity index (χ4n) is 3.78. The molecule has 1 aliphatic heterocycles. The average molecular weight is 458 g/mol. The molecular weight excluding hydrogens is 425 g/mol. The van der Waals surface area contributed by atoms with Crippen molar-refractivity contribution >= 4 is 23.5 Å². The van der Waals surface area contributed by atoms with Crippen molar-refractivity contribution in [1.29, 1.82) is 0 Å². The van der Waals surface area contributed by atoms with Gasteiger partial charge < -0.3 is 20.3 Å². The number of ether oxygens (including phenoxy) is 1. The lowest BCUT2D eigenvalue weighted by molar-refractivity contribution is 0.0534. The number of halogens is 1. The van der Waals surface area contributed by atoms with E-state index in [4.69, 9.17) is 4.74 Å². The number of carbonyl (C=O) groups is 2. The van der Waals surface area contributed by atoms with E-state index in [0.29, 0.717) is 18.8 Å². The number of urea groups is 1. The van der Waals surface area contributed by atoms with Crippen LogP contribution in [0.25, 0.3) is 0 Å². The molecule has 33 heavy (non-hydrogen) atoms. The van der Waals surface area contributed by atoms with E-state index < -0.39 is 11.8 Å². The van der Waals surface area contributed by atoms with Crippen molar-refractivity contribution in [3.63, 3.8) is 0 Å². The van der Waals surface area contributed by atoms with E-state index in [-0.39, 0.29) is 23.9 Å². The van der Waals surface area contributed by atoms with Crippen LogP contribution in [-0.4, -0.2) is 59.2 Å². The summed E-state index contributed by atoms with van der Waals surface area (Å²) in [6.07, 6.45) is 2.92. The zero-order chi connectivity index (χ0) is 24.0. The van der Waals surface area contributed by atoms with Gasteiger partial charge in [-0.05, 0) is 70.0 Å². The maximum absolute atomic E-state index is 14.3. The topological polar surface area (TPSA) is 86.8 Å². The highest BCUT2D eigenvalue weighted by Gasteiger charge is 2.27. The maximum Gasteiger partial charge on any atom is 0.410 e. The van der Waals surface area contributed by atoms with Crippen LogP contribution in [0.4, 0.5) is 25.4 Å². The lowest BCUT2D eigenvalue weighted by atomic mass is 10.0. The van der Waals surface area contributed by atoms with Crippen LogP contribution < -0.4 is 10.6 Å². The number of hydrogen-bond acceptors (Lipinski definition) is 5. The van der Waals surface area contributed by atoms with Crippen molar-refractivity contribution in [1.82, 2.24) is 14.8 Å². The third-order valence-corrected chi connectivity index (χ3v) is 5.51. The summed E-state index contributed by atoms with van der Waals surface area (Å²) in [7, 11) is 1.76. The van der Waals surface area contributed by atoms with E-state index in [0.717, 1.165) is 30.6 Å². The summed E-state index contributed by atoms with van der Waals surface area (Å²) in [5.41, 5.74) is 2.34. The Labute approximate surface area is 194 Å². The summed E-state index contributed by atoms with van der Waals surface area (Å²) in [6.45, 7) is 7.68. The first-order chi connectivity index (χ1) is 15.7. The normalized spacial score (nSPS) is 16.4. The number of likely N-dealkylation sites (tertiary alicyclic amines) is 1. The molecule has 0 unspecified atom stereocenters. The van der Waals surface area contributed by atoms with Gasteiger partial charge in [-0.2, -0.15) is 0 Å². The van der Waals surface area contributed by atoms with Crippen molar-refractivity contribution < 1.29 is 18.7 Å². The standard InChI is InChI=1S/C24H32FN5O3/c1-16(2)33-24(32)29(4)20-6-5-11-30(15-20)14-18-8-10-21(25)22(12-18)28-23(31)27-19-9-7-17(3)26-13-19/h7-10,12-13,16,20H,5-6,11,14-15H2,1-4H3,(H2,27,28,31)/t20-/m1/s1. The monoisotopic (exact) mass is 457 g/mol. The minimum atomic E-state index is -0.542. The Balaban J connectivity index is 1.60. The molecule has 1 saturated heterocycles. The number of likely N-dealkylation sites (N-methyl/N-ethyl adjacent to an activating group) is 1. The van der Waals surface area contributed by atoms with Crippen molar-refractivity contribution in [2.24, 2.45) is 0 Å². The Bertz CT molecular complexity index is 967. The Morgan fingerprint density at radius 3 is 2.76 bits per heavy atom. The summed E-state index contributed by atoms with van der Waals surface area (Å²) in [6, 6.07) is 7.73. The van der Waals surface area contributed by atoms with Gasteiger partial charge in [0.25, 0.3) is 0 Å². The molecule has 2 N–H and O–H groups in total. The Morgan fingerprint density at radius 2 is 2.06 bits per heavy atom. The maximum atomic E-state index is 14.3. The lowest BCUT2D eigenvalue weighted by Gasteiger charge is -2.37.